The van der Waals surface area contributed by atoms with Crippen molar-refractivity contribution < 1.29 is 4.57 Å². The van der Waals surface area contributed by atoms with E-state index in [1.807, 2.05) is 0 Å². The van der Waals surface area contributed by atoms with Crippen molar-refractivity contribution in [2.24, 2.45) is 0 Å². The van der Waals surface area contributed by atoms with Crippen molar-refractivity contribution in [2.45, 2.75) is 111 Å². The van der Waals surface area contributed by atoms with Crippen LogP contribution in [0, 0.1) is 0 Å². The number of hydrogen-bond donors (Lipinski definition) is 0. The Labute approximate surface area is 145 Å². The number of rotatable bonds is 13. The summed E-state index contributed by atoms with van der Waals surface area (Å²) in [5.41, 5.74) is 3.09. The molecule has 1 aromatic rings. The largest absolute Gasteiger partial charge is 0.203 e. The number of nitrogens with zero attached hydrogens (tertiary/aromatic N) is 1. The molecule has 0 radical (unpaired) electrons. The van der Waals surface area contributed by atoms with Gasteiger partial charge in [-0.1, -0.05) is 65.2 Å². The molecule has 1 nitrogen and oxygen atoms in total. The van der Waals surface area contributed by atoms with Gasteiger partial charge in [-0.2, -0.15) is 0 Å². The summed E-state index contributed by atoms with van der Waals surface area (Å²) in [6.07, 6.45) is 21.0. The molecule has 23 heavy (non-hydrogen) atoms. The second kappa shape index (κ2) is 12.6. The molecule has 1 rings (SSSR count). The molecule has 0 aromatic carbocycles. The van der Waals surface area contributed by atoms with Crippen molar-refractivity contribution in [1.82, 2.24) is 0 Å². The molecule has 1 heteroatoms. The topological polar surface area (TPSA) is 3.88 Å². The zero-order chi connectivity index (χ0) is 16.9. The molecular formula is C22H40N+. The molecule has 0 aliphatic carbocycles. The standard InChI is InChI=1S/C22H40N/c1-5-7-9-11-13-15-21-17-22(16-14-12-10-8-6-2)19-23(18-21)20(3)4/h17-20H,5-16H2,1-4H3/q+1. The third-order valence-electron chi connectivity index (χ3n) is 4.73. The van der Waals surface area contributed by atoms with Crippen LogP contribution in [-0.4, -0.2) is 0 Å². The summed E-state index contributed by atoms with van der Waals surface area (Å²) in [5, 5.41) is 0. The minimum absolute atomic E-state index is 0.564. The molecule has 1 heterocycles. The Hall–Kier alpha value is -0.850. The average molecular weight is 319 g/mol. The Morgan fingerprint density at radius 2 is 1.13 bits per heavy atom. The van der Waals surface area contributed by atoms with Gasteiger partial charge in [-0.25, -0.2) is 4.57 Å². The van der Waals surface area contributed by atoms with E-state index in [1.54, 1.807) is 11.1 Å². The first-order valence-electron chi connectivity index (χ1n) is 10.2. The lowest BCUT2D eigenvalue weighted by Crippen LogP contribution is -2.36. The number of aryl methyl sites for hydroxylation is 2. The molecule has 0 spiro atoms. The number of hydrogen-bond acceptors (Lipinski definition) is 0. The Balaban J connectivity index is 2.52. The molecule has 0 amide bonds. The molecule has 0 atom stereocenters. The van der Waals surface area contributed by atoms with E-state index in [1.165, 1.54) is 77.0 Å². The van der Waals surface area contributed by atoms with Crippen LogP contribution in [0.1, 0.15) is 109 Å². The van der Waals surface area contributed by atoms with E-state index in [4.69, 9.17) is 0 Å². The lowest BCUT2D eigenvalue weighted by Gasteiger charge is -2.08. The predicted molar refractivity (Wildman–Crippen MR) is 102 cm³/mol. The van der Waals surface area contributed by atoms with Crippen LogP contribution in [0.15, 0.2) is 18.5 Å². The molecule has 0 aliphatic rings. The van der Waals surface area contributed by atoms with Crippen LogP contribution in [0.4, 0.5) is 0 Å². The van der Waals surface area contributed by atoms with Gasteiger partial charge in [0, 0.05) is 11.1 Å². The highest BCUT2D eigenvalue weighted by molar-refractivity contribution is 5.15. The minimum Gasteiger partial charge on any atom is -0.203 e. The zero-order valence-electron chi connectivity index (χ0n) is 16.2. The summed E-state index contributed by atoms with van der Waals surface area (Å²) in [6, 6.07) is 3.03. The molecule has 1 aromatic heterocycles. The number of aromatic nitrogens is 1. The molecule has 0 unspecified atom stereocenters. The van der Waals surface area contributed by atoms with Gasteiger partial charge in [-0.05, 0) is 45.6 Å². The summed E-state index contributed by atoms with van der Waals surface area (Å²) in [7, 11) is 0. The van der Waals surface area contributed by atoms with Gasteiger partial charge in [0.2, 0.25) is 0 Å². The summed E-state index contributed by atoms with van der Waals surface area (Å²) < 4.78 is 2.42. The van der Waals surface area contributed by atoms with Crippen molar-refractivity contribution in [3.05, 3.63) is 29.6 Å². The maximum absolute atomic E-state index is 2.47. The van der Waals surface area contributed by atoms with Gasteiger partial charge in [0.1, 0.15) is 0 Å². The lowest BCUT2D eigenvalue weighted by atomic mass is 10.0. The van der Waals surface area contributed by atoms with Gasteiger partial charge < -0.3 is 0 Å². The molecule has 0 N–H and O–H groups in total. The SMILES string of the molecule is CCCCCCCc1cc(CCCCCCC)c[n+](C(C)C)c1. The van der Waals surface area contributed by atoms with E-state index in [9.17, 15) is 0 Å². The number of unbranched alkanes of at least 4 members (excludes halogenated alkanes) is 8. The number of pyridine rings is 1. The third-order valence-corrected chi connectivity index (χ3v) is 4.73. The summed E-state index contributed by atoms with van der Waals surface area (Å²) >= 11 is 0. The van der Waals surface area contributed by atoms with Crippen LogP contribution >= 0.6 is 0 Å². The predicted octanol–water partition coefficient (Wildman–Crippen LogP) is 6.58. The Morgan fingerprint density at radius 1 is 0.696 bits per heavy atom. The fourth-order valence-corrected chi connectivity index (χ4v) is 3.17. The van der Waals surface area contributed by atoms with Crippen molar-refractivity contribution in [3.8, 4) is 0 Å². The van der Waals surface area contributed by atoms with Crippen molar-refractivity contribution in [1.29, 1.82) is 0 Å². The minimum atomic E-state index is 0.564. The molecule has 0 saturated heterocycles. The molecule has 0 saturated carbocycles. The second-order valence-corrected chi connectivity index (χ2v) is 7.42. The summed E-state index contributed by atoms with van der Waals surface area (Å²) in [5.74, 6) is 0. The van der Waals surface area contributed by atoms with E-state index in [-0.39, 0.29) is 0 Å². The second-order valence-electron chi connectivity index (χ2n) is 7.42. The lowest BCUT2D eigenvalue weighted by molar-refractivity contribution is -0.716. The first-order valence-corrected chi connectivity index (χ1v) is 10.2. The maximum atomic E-state index is 2.47. The van der Waals surface area contributed by atoms with Gasteiger partial charge in [0.05, 0.1) is 0 Å². The van der Waals surface area contributed by atoms with Crippen LogP contribution in [0.5, 0.6) is 0 Å². The van der Waals surface area contributed by atoms with E-state index in [0.717, 1.165) is 0 Å². The quantitative estimate of drug-likeness (QED) is 0.285. The molecule has 0 aliphatic heterocycles. The highest BCUT2D eigenvalue weighted by Gasteiger charge is 2.11. The normalized spacial score (nSPS) is 11.3. The smallest absolute Gasteiger partial charge is 0.172 e. The third kappa shape index (κ3) is 9.13. The van der Waals surface area contributed by atoms with Gasteiger partial charge in [-0.3, -0.25) is 0 Å². The van der Waals surface area contributed by atoms with Crippen LogP contribution in [-0.2, 0) is 12.8 Å². The van der Waals surface area contributed by atoms with Crippen LogP contribution in [0.2, 0.25) is 0 Å². The first-order chi connectivity index (χ1) is 11.2. The fourth-order valence-electron chi connectivity index (χ4n) is 3.17. The fraction of sp³-hybridized carbons (Fsp3) is 0.773. The van der Waals surface area contributed by atoms with Gasteiger partial charge >= 0.3 is 0 Å². The molecular weight excluding hydrogens is 278 g/mol. The van der Waals surface area contributed by atoms with Crippen LogP contribution in [0.3, 0.4) is 0 Å². The van der Waals surface area contributed by atoms with Crippen LogP contribution in [0.25, 0.3) is 0 Å². The van der Waals surface area contributed by atoms with Crippen LogP contribution < -0.4 is 4.57 Å². The van der Waals surface area contributed by atoms with Crippen molar-refractivity contribution in [2.75, 3.05) is 0 Å². The summed E-state index contributed by atoms with van der Waals surface area (Å²) in [6.45, 7) is 9.15. The highest BCUT2D eigenvalue weighted by Crippen LogP contribution is 2.13. The Morgan fingerprint density at radius 3 is 1.52 bits per heavy atom. The monoisotopic (exact) mass is 318 g/mol. The molecule has 132 valence electrons. The highest BCUT2D eigenvalue weighted by atomic mass is 15.0. The van der Waals surface area contributed by atoms with Crippen molar-refractivity contribution >= 4 is 0 Å². The van der Waals surface area contributed by atoms with Gasteiger partial charge in [0.25, 0.3) is 0 Å². The Kier molecular flexibility index (Phi) is 11.0. The maximum Gasteiger partial charge on any atom is 0.172 e. The van der Waals surface area contributed by atoms with Gasteiger partial charge in [0.15, 0.2) is 18.4 Å². The molecule has 0 bridgehead atoms. The zero-order valence-corrected chi connectivity index (χ0v) is 16.2. The van der Waals surface area contributed by atoms with E-state index in [0.29, 0.717) is 6.04 Å². The summed E-state index contributed by atoms with van der Waals surface area (Å²) in [4.78, 5) is 0. The van der Waals surface area contributed by atoms with Gasteiger partial charge in [-0.15, -0.1) is 0 Å². The van der Waals surface area contributed by atoms with Crippen molar-refractivity contribution in [3.63, 3.8) is 0 Å². The van der Waals surface area contributed by atoms with E-state index in [2.05, 4.69) is 50.7 Å². The average Bonchev–Trinajstić information content (AvgIpc) is 2.54. The Bertz CT molecular complexity index is 376. The van der Waals surface area contributed by atoms with E-state index < -0.39 is 0 Å². The molecule has 0 fully saturated rings. The van der Waals surface area contributed by atoms with E-state index >= 15 is 0 Å². The first kappa shape index (κ1) is 20.2.